The first kappa shape index (κ1) is 14.4. The van der Waals surface area contributed by atoms with Crippen LogP contribution < -0.4 is 11.2 Å². The highest BCUT2D eigenvalue weighted by molar-refractivity contribution is 7.18. The third-order valence-corrected chi connectivity index (χ3v) is 5.85. The molecule has 1 aliphatic rings. The van der Waals surface area contributed by atoms with Crippen molar-refractivity contribution in [1.82, 2.24) is 10.1 Å². The van der Waals surface area contributed by atoms with E-state index in [1.54, 1.807) is 17.4 Å². The molecule has 1 aliphatic carbocycles. The summed E-state index contributed by atoms with van der Waals surface area (Å²) < 4.78 is 5.49. The number of H-pyrrole nitrogens is 1. The molecule has 0 amide bonds. The van der Waals surface area contributed by atoms with Crippen LogP contribution in [0, 0.1) is 5.92 Å². The molecule has 0 radical (unpaired) electrons. The van der Waals surface area contributed by atoms with Crippen molar-refractivity contribution in [2.45, 2.75) is 32.6 Å². The number of aromatic amines is 1. The van der Waals surface area contributed by atoms with E-state index < -0.39 is 5.76 Å². The maximum Gasteiger partial charge on any atom is 0.439 e. The van der Waals surface area contributed by atoms with Gasteiger partial charge in [0.15, 0.2) is 11.3 Å². The van der Waals surface area contributed by atoms with Gasteiger partial charge in [-0.3, -0.25) is 14.3 Å². The van der Waals surface area contributed by atoms with E-state index in [9.17, 15) is 9.59 Å². The van der Waals surface area contributed by atoms with E-state index >= 15 is 0 Å². The first-order chi connectivity index (χ1) is 11.2. The number of fused-ring (bicyclic) bond motifs is 2. The molecule has 118 valence electrons. The minimum absolute atomic E-state index is 0.156. The fraction of sp³-hybridized carbons (Fsp3) is 0.353. The van der Waals surface area contributed by atoms with E-state index in [-0.39, 0.29) is 5.43 Å². The van der Waals surface area contributed by atoms with Crippen LogP contribution in [0.15, 0.2) is 32.3 Å². The normalized spacial score (nSPS) is 17.3. The van der Waals surface area contributed by atoms with Crippen molar-refractivity contribution in [2.24, 2.45) is 5.92 Å². The summed E-state index contributed by atoms with van der Waals surface area (Å²) in [7, 11) is 0. The second-order valence-corrected chi connectivity index (χ2v) is 7.14. The lowest BCUT2D eigenvalue weighted by Gasteiger charge is -2.22. The van der Waals surface area contributed by atoms with Gasteiger partial charge in [0.05, 0.1) is 0 Å². The molecule has 1 N–H and O–H groups in total. The fourth-order valence-corrected chi connectivity index (χ4v) is 4.62. The van der Waals surface area contributed by atoms with E-state index in [1.807, 2.05) is 12.1 Å². The first-order valence-electron chi connectivity index (χ1n) is 7.80. The van der Waals surface area contributed by atoms with Crippen molar-refractivity contribution in [3.63, 3.8) is 0 Å². The van der Waals surface area contributed by atoms with Gasteiger partial charge in [-0.2, -0.15) is 0 Å². The lowest BCUT2D eigenvalue weighted by molar-refractivity contribution is 0.388. The number of rotatable bonds is 2. The Balaban J connectivity index is 1.88. The molecule has 2 heterocycles. The molecule has 23 heavy (non-hydrogen) atoms. The SMILES string of the molecule is CCC1CCc2c(sc3cc(-c4noc(=O)[nH]4)ccc3c2=O)C1. The van der Waals surface area contributed by atoms with E-state index in [0.717, 1.165) is 46.9 Å². The Labute approximate surface area is 136 Å². The van der Waals surface area contributed by atoms with Crippen LogP contribution in [-0.4, -0.2) is 10.1 Å². The number of nitrogens with one attached hydrogen (secondary N) is 1. The van der Waals surface area contributed by atoms with Gasteiger partial charge in [0, 0.05) is 26.1 Å². The van der Waals surface area contributed by atoms with Gasteiger partial charge in [0.1, 0.15) is 0 Å². The highest BCUT2D eigenvalue weighted by Crippen LogP contribution is 2.33. The Hall–Kier alpha value is -2.21. The van der Waals surface area contributed by atoms with Crippen LogP contribution in [0.3, 0.4) is 0 Å². The lowest BCUT2D eigenvalue weighted by atomic mass is 9.86. The molecule has 6 heteroatoms. The standard InChI is InChI=1S/C17H16N2O3S/c1-2-9-3-5-11-13(7-9)23-14-8-10(4-6-12(14)15(11)20)16-18-17(21)22-19-16/h4,6,8-9H,2-3,5,7H2,1H3,(H,18,19,21). The molecule has 5 nitrogen and oxygen atoms in total. The monoisotopic (exact) mass is 328 g/mol. The van der Waals surface area contributed by atoms with E-state index in [4.69, 9.17) is 0 Å². The molecule has 0 saturated carbocycles. The van der Waals surface area contributed by atoms with E-state index in [1.165, 1.54) is 4.88 Å². The van der Waals surface area contributed by atoms with Gasteiger partial charge in [0.2, 0.25) is 0 Å². The van der Waals surface area contributed by atoms with E-state index in [2.05, 4.69) is 21.6 Å². The van der Waals surface area contributed by atoms with Crippen LogP contribution >= 0.6 is 11.3 Å². The van der Waals surface area contributed by atoms with Crippen LogP contribution in [0.5, 0.6) is 0 Å². The summed E-state index contributed by atoms with van der Waals surface area (Å²) in [5.74, 6) is 0.482. The molecule has 0 fully saturated rings. The van der Waals surface area contributed by atoms with Crippen molar-refractivity contribution in [3.05, 3.63) is 49.4 Å². The Morgan fingerprint density at radius 3 is 3.00 bits per heavy atom. The zero-order chi connectivity index (χ0) is 16.0. The minimum atomic E-state index is -0.579. The van der Waals surface area contributed by atoms with Gasteiger partial charge >= 0.3 is 5.76 Å². The maximum absolute atomic E-state index is 12.7. The van der Waals surface area contributed by atoms with Gasteiger partial charge in [-0.05, 0) is 37.3 Å². The third-order valence-electron chi connectivity index (χ3n) is 4.64. The predicted molar refractivity (Wildman–Crippen MR) is 90.0 cm³/mol. The second kappa shape index (κ2) is 5.45. The Morgan fingerprint density at radius 1 is 1.39 bits per heavy atom. The van der Waals surface area contributed by atoms with Gasteiger partial charge in [-0.25, -0.2) is 4.79 Å². The zero-order valence-electron chi connectivity index (χ0n) is 12.7. The Morgan fingerprint density at radius 2 is 2.26 bits per heavy atom. The van der Waals surface area contributed by atoms with Gasteiger partial charge < -0.3 is 0 Å². The molecular formula is C17H16N2O3S. The van der Waals surface area contributed by atoms with Crippen LogP contribution in [0.1, 0.15) is 30.2 Å². The molecule has 2 aromatic heterocycles. The van der Waals surface area contributed by atoms with Gasteiger partial charge in [-0.15, -0.1) is 11.3 Å². The number of hydrogen-bond acceptors (Lipinski definition) is 5. The van der Waals surface area contributed by atoms with Gasteiger partial charge in [-0.1, -0.05) is 24.6 Å². The number of hydrogen-bond donors (Lipinski definition) is 1. The Bertz CT molecular complexity index is 999. The maximum atomic E-state index is 12.7. The molecular weight excluding hydrogens is 312 g/mol. The highest BCUT2D eigenvalue weighted by Gasteiger charge is 2.22. The average molecular weight is 328 g/mol. The van der Waals surface area contributed by atoms with Crippen molar-refractivity contribution in [1.29, 1.82) is 0 Å². The quantitative estimate of drug-likeness (QED) is 0.784. The lowest BCUT2D eigenvalue weighted by Crippen LogP contribution is -2.20. The van der Waals surface area contributed by atoms with E-state index in [0.29, 0.717) is 11.7 Å². The third kappa shape index (κ3) is 2.43. The molecule has 1 unspecified atom stereocenters. The average Bonchev–Trinajstić information content (AvgIpc) is 3.00. The summed E-state index contributed by atoms with van der Waals surface area (Å²) in [5.41, 5.74) is 1.90. The second-order valence-electron chi connectivity index (χ2n) is 6.00. The number of nitrogens with zero attached hydrogens (tertiary/aromatic N) is 1. The molecule has 0 aliphatic heterocycles. The minimum Gasteiger partial charge on any atom is -0.296 e. The summed E-state index contributed by atoms with van der Waals surface area (Å²) in [4.78, 5) is 27.6. The van der Waals surface area contributed by atoms with Crippen LogP contribution in [-0.2, 0) is 12.8 Å². The smallest absolute Gasteiger partial charge is 0.296 e. The predicted octanol–water partition coefficient (Wildman–Crippen LogP) is 3.12. The summed E-state index contributed by atoms with van der Waals surface area (Å²) in [6, 6.07) is 5.53. The number of aromatic nitrogens is 2. The van der Waals surface area contributed by atoms with Crippen molar-refractivity contribution < 1.29 is 4.52 Å². The largest absolute Gasteiger partial charge is 0.439 e. The van der Waals surface area contributed by atoms with Crippen LogP contribution in [0.4, 0.5) is 0 Å². The van der Waals surface area contributed by atoms with Crippen molar-refractivity contribution in [2.75, 3.05) is 0 Å². The van der Waals surface area contributed by atoms with Gasteiger partial charge in [0.25, 0.3) is 0 Å². The zero-order valence-corrected chi connectivity index (χ0v) is 13.5. The highest BCUT2D eigenvalue weighted by atomic mass is 32.1. The molecule has 1 aromatic carbocycles. The molecule has 0 bridgehead atoms. The van der Waals surface area contributed by atoms with Crippen molar-refractivity contribution in [3.8, 4) is 11.4 Å². The summed E-state index contributed by atoms with van der Waals surface area (Å²) in [6.07, 6.45) is 4.14. The molecule has 0 spiro atoms. The topological polar surface area (TPSA) is 76.0 Å². The Kier molecular flexibility index (Phi) is 3.41. The summed E-state index contributed by atoms with van der Waals surface area (Å²) in [6.45, 7) is 2.21. The van der Waals surface area contributed by atoms with Crippen molar-refractivity contribution >= 4 is 21.4 Å². The van der Waals surface area contributed by atoms with Crippen LogP contribution in [0.2, 0.25) is 0 Å². The fourth-order valence-electron chi connectivity index (χ4n) is 3.26. The van der Waals surface area contributed by atoms with Crippen LogP contribution in [0.25, 0.3) is 21.5 Å². The summed E-state index contributed by atoms with van der Waals surface area (Å²) >= 11 is 1.69. The first-order valence-corrected chi connectivity index (χ1v) is 8.62. The molecule has 1 atom stereocenters. The molecule has 3 aromatic rings. The molecule has 4 rings (SSSR count). The number of benzene rings is 1. The molecule has 0 saturated heterocycles. The summed E-state index contributed by atoms with van der Waals surface area (Å²) in [5, 5.41) is 4.46.